The number of rotatable bonds is 7. The van der Waals surface area contributed by atoms with Gasteiger partial charge in [-0.3, -0.25) is 10.1 Å². The van der Waals surface area contributed by atoms with Crippen LogP contribution in [0.4, 0.5) is 10.1 Å². The summed E-state index contributed by atoms with van der Waals surface area (Å²) in [7, 11) is 1.47. The van der Waals surface area contributed by atoms with E-state index in [4.69, 9.17) is 25.8 Å². The highest BCUT2D eigenvalue weighted by atomic mass is 79.9. The van der Waals surface area contributed by atoms with Crippen LogP contribution in [0.1, 0.15) is 16.7 Å². The van der Waals surface area contributed by atoms with Gasteiger partial charge in [0.1, 0.15) is 17.4 Å². The minimum atomic E-state index is -0.718. The molecule has 8 nitrogen and oxygen atoms in total. The predicted octanol–water partition coefficient (Wildman–Crippen LogP) is 6.08. The average molecular weight is 562 g/mol. The summed E-state index contributed by atoms with van der Waals surface area (Å²) in [6, 6.07) is 13.3. The van der Waals surface area contributed by atoms with Gasteiger partial charge in [-0.15, -0.1) is 0 Å². The lowest BCUT2D eigenvalue weighted by Gasteiger charge is -2.13. The van der Waals surface area contributed by atoms with Crippen molar-refractivity contribution in [2.75, 3.05) is 7.11 Å². The van der Waals surface area contributed by atoms with E-state index in [9.17, 15) is 19.3 Å². The standard InChI is InChI=1S/C24H15BrClFN2O6/c1-33-21-10-14(8-17(25)22(21)34-12-13-2-5-16(27)6-3-13)9-19-24(30)35-23(28-19)15-4-7-18(26)20(11-15)29(31)32/h2-11H,12H2,1H3/b19-9-. The number of nitro benzene ring substituents is 1. The van der Waals surface area contributed by atoms with Crippen LogP contribution >= 0.6 is 27.5 Å². The Morgan fingerprint density at radius 2 is 1.94 bits per heavy atom. The van der Waals surface area contributed by atoms with E-state index in [0.717, 1.165) is 5.56 Å². The SMILES string of the molecule is COc1cc(/C=C2\N=C(c3ccc(Cl)c([N+](=O)[O-])c3)OC2=O)cc(Br)c1OCc1ccc(F)cc1. The van der Waals surface area contributed by atoms with Crippen LogP contribution in [0.25, 0.3) is 6.08 Å². The first-order chi connectivity index (χ1) is 16.7. The highest BCUT2D eigenvalue weighted by Gasteiger charge is 2.26. The maximum absolute atomic E-state index is 13.1. The molecule has 35 heavy (non-hydrogen) atoms. The Bertz CT molecular complexity index is 1390. The molecule has 0 amide bonds. The van der Waals surface area contributed by atoms with E-state index in [1.807, 2.05) is 0 Å². The fraction of sp³-hybridized carbons (Fsp3) is 0.0833. The van der Waals surface area contributed by atoms with Gasteiger partial charge in [0.2, 0.25) is 5.90 Å². The van der Waals surface area contributed by atoms with Crippen molar-refractivity contribution < 1.29 is 28.3 Å². The molecule has 0 saturated carbocycles. The molecule has 1 aliphatic rings. The number of methoxy groups -OCH3 is 1. The molecule has 0 spiro atoms. The van der Waals surface area contributed by atoms with Gasteiger partial charge in [-0.2, -0.15) is 0 Å². The Labute approximate surface area is 211 Å². The lowest BCUT2D eigenvalue weighted by molar-refractivity contribution is -0.384. The highest BCUT2D eigenvalue weighted by molar-refractivity contribution is 9.10. The summed E-state index contributed by atoms with van der Waals surface area (Å²) >= 11 is 9.28. The zero-order chi connectivity index (χ0) is 25.1. The van der Waals surface area contributed by atoms with Gasteiger partial charge in [0.15, 0.2) is 17.2 Å². The molecule has 1 aliphatic heterocycles. The van der Waals surface area contributed by atoms with Crippen LogP contribution < -0.4 is 9.47 Å². The van der Waals surface area contributed by atoms with E-state index in [2.05, 4.69) is 20.9 Å². The zero-order valence-corrected chi connectivity index (χ0v) is 20.3. The summed E-state index contributed by atoms with van der Waals surface area (Å²) < 4.78 is 30.1. The zero-order valence-electron chi connectivity index (χ0n) is 18.0. The molecule has 0 bridgehead atoms. The van der Waals surface area contributed by atoms with Crippen molar-refractivity contribution in [1.82, 2.24) is 0 Å². The Morgan fingerprint density at radius 3 is 2.63 bits per heavy atom. The van der Waals surface area contributed by atoms with E-state index < -0.39 is 10.9 Å². The number of nitrogens with zero attached hydrogens (tertiary/aromatic N) is 2. The van der Waals surface area contributed by atoms with Gasteiger partial charge in [0.25, 0.3) is 5.69 Å². The third kappa shape index (κ3) is 5.50. The van der Waals surface area contributed by atoms with Crippen LogP contribution in [-0.4, -0.2) is 23.9 Å². The molecule has 0 saturated heterocycles. The first-order valence-corrected chi connectivity index (χ1v) is 11.1. The summed E-state index contributed by atoms with van der Waals surface area (Å²) in [5.41, 5.74) is 1.23. The summed E-state index contributed by atoms with van der Waals surface area (Å²) in [5.74, 6) is -0.325. The van der Waals surface area contributed by atoms with Gasteiger partial charge in [-0.25, -0.2) is 14.2 Å². The second-order valence-corrected chi connectivity index (χ2v) is 8.47. The fourth-order valence-corrected chi connectivity index (χ4v) is 3.94. The van der Waals surface area contributed by atoms with E-state index >= 15 is 0 Å². The number of halogens is 3. The molecule has 3 aromatic carbocycles. The number of hydrogen-bond donors (Lipinski definition) is 0. The number of carbonyl (C=O) groups is 1. The number of cyclic esters (lactones) is 1. The molecule has 4 rings (SSSR count). The molecule has 0 unspecified atom stereocenters. The highest BCUT2D eigenvalue weighted by Crippen LogP contribution is 2.38. The number of carbonyl (C=O) groups excluding carboxylic acids is 1. The molecule has 0 aliphatic carbocycles. The van der Waals surface area contributed by atoms with Crippen molar-refractivity contribution >= 4 is 51.2 Å². The second-order valence-electron chi connectivity index (χ2n) is 7.21. The molecule has 0 aromatic heterocycles. The molecule has 0 atom stereocenters. The topological polar surface area (TPSA) is 100 Å². The largest absolute Gasteiger partial charge is 0.493 e. The molecule has 3 aromatic rings. The number of benzene rings is 3. The molecule has 178 valence electrons. The van der Waals surface area contributed by atoms with Crippen LogP contribution in [0.3, 0.4) is 0 Å². The molecular weight excluding hydrogens is 547 g/mol. The van der Waals surface area contributed by atoms with Crippen LogP contribution in [0.15, 0.2) is 69.8 Å². The van der Waals surface area contributed by atoms with Gasteiger partial charge in [-0.1, -0.05) is 23.7 Å². The maximum atomic E-state index is 13.1. The van der Waals surface area contributed by atoms with E-state index in [0.29, 0.717) is 21.5 Å². The monoisotopic (exact) mass is 560 g/mol. The smallest absolute Gasteiger partial charge is 0.363 e. The van der Waals surface area contributed by atoms with Crippen molar-refractivity contribution in [3.63, 3.8) is 0 Å². The van der Waals surface area contributed by atoms with Crippen LogP contribution in [0, 0.1) is 15.9 Å². The average Bonchev–Trinajstić information content (AvgIpc) is 3.19. The second kappa shape index (κ2) is 10.2. The number of nitro groups is 1. The normalized spacial score (nSPS) is 14.0. The molecule has 0 radical (unpaired) electrons. The number of ether oxygens (including phenoxy) is 3. The van der Waals surface area contributed by atoms with Crippen molar-refractivity contribution in [2.45, 2.75) is 6.61 Å². The van der Waals surface area contributed by atoms with Crippen LogP contribution in [-0.2, 0) is 16.1 Å². The Kier molecular flexibility index (Phi) is 7.13. The quantitative estimate of drug-likeness (QED) is 0.150. The van der Waals surface area contributed by atoms with Crippen molar-refractivity contribution in [2.24, 2.45) is 4.99 Å². The Morgan fingerprint density at radius 1 is 1.20 bits per heavy atom. The predicted molar refractivity (Wildman–Crippen MR) is 130 cm³/mol. The number of esters is 1. The van der Waals surface area contributed by atoms with E-state index in [1.165, 1.54) is 43.5 Å². The van der Waals surface area contributed by atoms with Gasteiger partial charge in [0, 0.05) is 11.6 Å². The van der Waals surface area contributed by atoms with Crippen molar-refractivity contribution in [1.29, 1.82) is 0 Å². The molecular formula is C24H15BrClFN2O6. The summed E-state index contributed by atoms with van der Waals surface area (Å²) in [6.45, 7) is 0.183. The molecule has 1 heterocycles. The molecule has 11 heteroatoms. The fourth-order valence-electron chi connectivity index (χ4n) is 3.18. The third-order valence-electron chi connectivity index (χ3n) is 4.86. The first kappa shape index (κ1) is 24.4. The van der Waals surface area contributed by atoms with Crippen LogP contribution in [0.5, 0.6) is 11.5 Å². The van der Waals surface area contributed by atoms with Gasteiger partial charge < -0.3 is 14.2 Å². The summed E-state index contributed by atoms with van der Waals surface area (Å²) in [4.78, 5) is 27.1. The number of hydrogen-bond acceptors (Lipinski definition) is 7. The lowest BCUT2D eigenvalue weighted by Crippen LogP contribution is -2.06. The Balaban J connectivity index is 1.60. The van der Waals surface area contributed by atoms with Crippen LogP contribution in [0.2, 0.25) is 5.02 Å². The van der Waals surface area contributed by atoms with Gasteiger partial charge in [-0.05, 0) is 69.5 Å². The Hall–Kier alpha value is -3.76. The summed E-state index contributed by atoms with van der Waals surface area (Å²) in [6.07, 6.45) is 1.48. The van der Waals surface area contributed by atoms with Gasteiger partial charge in [0.05, 0.1) is 16.5 Å². The summed E-state index contributed by atoms with van der Waals surface area (Å²) in [5, 5.41) is 11.1. The molecule has 0 fully saturated rings. The third-order valence-corrected chi connectivity index (χ3v) is 5.77. The lowest BCUT2D eigenvalue weighted by atomic mass is 10.1. The van der Waals surface area contributed by atoms with Crippen molar-refractivity contribution in [3.05, 3.63) is 102 Å². The van der Waals surface area contributed by atoms with E-state index in [1.54, 1.807) is 24.3 Å². The van der Waals surface area contributed by atoms with Gasteiger partial charge >= 0.3 is 5.97 Å². The minimum absolute atomic E-state index is 0.00784. The molecule has 0 N–H and O–H groups in total. The maximum Gasteiger partial charge on any atom is 0.363 e. The number of aliphatic imine (C=N–C) groups is 1. The van der Waals surface area contributed by atoms with E-state index in [-0.39, 0.29) is 40.3 Å². The minimum Gasteiger partial charge on any atom is -0.493 e. The van der Waals surface area contributed by atoms with Crippen molar-refractivity contribution in [3.8, 4) is 11.5 Å². The first-order valence-electron chi connectivity index (χ1n) is 9.97.